The lowest BCUT2D eigenvalue weighted by molar-refractivity contribution is -0.125. The minimum atomic E-state index is -1.12. The van der Waals surface area contributed by atoms with Crippen LogP contribution in [-0.4, -0.2) is 69.8 Å². The predicted molar refractivity (Wildman–Crippen MR) is 167 cm³/mol. The number of aromatic amines is 2. The second kappa shape index (κ2) is 12.8. The van der Waals surface area contributed by atoms with Gasteiger partial charge in [0.1, 0.15) is 24.0 Å². The zero-order valence-electron chi connectivity index (χ0n) is 24.0. The first-order valence-electron chi connectivity index (χ1n) is 14.1. The summed E-state index contributed by atoms with van der Waals surface area (Å²) in [5, 5.41) is 21.9. The first-order chi connectivity index (χ1) is 22.2. The van der Waals surface area contributed by atoms with Crippen molar-refractivity contribution in [1.82, 2.24) is 20.5 Å². The van der Waals surface area contributed by atoms with Crippen LogP contribution >= 0.6 is 11.6 Å². The Bertz CT molecular complexity index is 1970. The average Bonchev–Trinajstić information content (AvgIpc) is 3.71. The van der Waals surface area contributed by atoms with E-state index in [0.29, 0.717) is 41.0 Å². The number of carboxylic acids is 1. The van der Waals surface area contributed by atoms with E-state index in [0.717, 1.165) is 0 Å². The summed E-state index contributed by atoms with van der Waals surface area (Å²) >= 11 is 5.90. The van der Waals surface area contributed by atoms with Crippen molar-refractivity contribution >= 4 is 57.6 Å². The smallest absolute Gasteiger partial charge is 0.352 e. The van der Waals surface area contributed by atoms with E-state index < -0.39 is 29.6 Å². The molecule has 0 aliphatic carbocycles. The van der Waals surface area contributed by atoms with Gasteiger partial charge in [-0.25, -0.2) is 9.18 Å². The summed E-state index contributed by atoms with van der Waals surface area (Å²) in [6, 6.07) is 18.1. The van der Waals surface area contributed by atoms with Gasteiger partial charge in [-0.1, -0.05) is 29.8 Å². The molecule has 1 fully saturated rings. The maximum Gasteiger partial charge on any atom is 0.352 e. The highest BCUT2D eigenvalue weighted by Crippen LogP contribution is 2.27. The Morgan fingerprint density at radius 2 is 1.87 bits per heavy atom. The summed E-state index contributed by atoms with van der Waals surface area (Å²) in [5.74, 6) is -3.17. The first kappa shape index (κ1) is 30.5. The molecule has 0 radical (unpaired) electrons. The van der Waals surface area contributed by atoms with Gasteiger partial charge in [0.25, 0.3) is 11.8 Å². The molecule has 2 aromatic heterocycles. The fraction of sp³-hybridized carbons (Fsp3) is 0.156. The number of carboxylic acid groups (broad SMARTS) is 1. The minimum Gasteiger partial charge on any atom is -0.477 e. The number of nitrogens with one attached hydrogen (secondary N) is 4. The zero-order chi connectivity index (χ0) is 32.4. The summed E-state index contributed by atoms with van der Waals surface area (Å²) in [5.41, 5.74) is 2.58. The van der Waals surface area contributed by atoms with Crippen LogP contribution in [0, 0.1) is 5.82 Å². The van der Waals surface area contributed by atoms with Crippen molar-refractivity contribution in [3.8, 4) is 11.3 Å². The number of halogens is 2. The van der Waals surface area contributed by atoms with Gasteiger partial charge in [-0.05, 0) is 60.2 Å². The number of carbonyl (C=O) groups is 4. The number of rotatable bonds is 9. The second-order valence-corrected chi connectivity index (χ2v) is 10.9. The third-order valence-corrected chi connectivity index (χ3v) is 7.76. The molecule has 3 heterocycles. The fourth-order valence-electron chi connectivity index (χ4n) is 5.12. The molecule has 46 heavy (non-hydrogen) atoms. The standard InChI is InChI=1S/C32H26ClFN6O6/c33-22-3-1-2-21(29(22)34)24-15-26(39-38-24)31(43)37-25(12-17-4-7-20(8-5-17)40-10-11-46-16-28(40)41)30(42)35-19-6-9-23-18(13-19)14-27(36-23)32(44)45/h1-9,13-15,25,36H,10-12,16H2,(H,35,42)(H,37,43)(H,38,39)(H,44,45)/t25-/m0/s1. The maximum absolute atomic E-state index is 14.6. The zero-order valence-corrected chi connectivity index (χ0v) is 24.7. The Hall–Kier alpha value is -5.53. The number of amides is 3. The molecule has 0 saturated carbocycles. The monoisotopic (exact) mass is 644 g/mol. The van der Waals surface area contributed by atoms with Gasteiger partial charge >= 0.3 is 5.97 Å². The van der Waals surface area contributed by atoms with Crippen LogP contribution in [0.2, 0.25) is 5.02 Å². The normalized spacial score (nSPS) is 13.9. The summed E-state index contributed by atoms with van der Waals surface area (Å²) in [7, 11) is 0. The van der Waals surface area contributed by atoms with Crippen molar-refractivity contribution in [2.45, 2.75) is 12.5 Å². The van der Waals surface area contributed by atoms with Crippen LogP contribution in [0.25, 0.3) is 22.2 Å². The highest BCUT2D eigenvalue weighted by Gasteiger charge is 2.25. The van der Waals surface area contributed by atoms with Gasteiger partial charge in [0.2, 0.25) is 5.91 Å². The van der Waals surface area contributed by atoms with E-state index in [2.05, 4.69) is 25.8 Å². The molecule has 5 aromatic rings. The number of aromatic nitrogens is 3. The Balaban J connectivity index is 1.24. The Morgan fingerprint density at radius 3 is 2.63 bits per heavy atom. The SMILES string of the molecule is O=C(O)c1cc2cc(NC(=O)[C@H](Cc3ccc(N4CCOCC4=O)cc3)NC(=O)c3cc(-c4cccc(Cl)c4F)n[nH]3)ccc2[nH]1. The number of benzene rings is 3. The largest absolute Gasteiger partial charge is 0.477 e. The molecular weight excluding hydrogens is 619 g/mol. The van der Waals surface area contributed by atoms with Gasteiger partial charge in [0, 0.05) is 40.8 Å². The van der Waals surface area contributed by atoms with Crippen LogP contribution in [0.4, 0.5) is 15.8 Å². The molecule has 0 spiro atoms. The lowest BCUT2D eigenvalue weighted by Crippen LogP contribution is -2.45. The topological polar surface area (TPSA) is 170 Å². The van der Waals surface area contributed by atoms with Gasteiger partial charge in [0.15, 0.2) is 5.82 Å². The molecule has 0 bridgehead atoms. The second-order valence-electron chi connectivity index (χ2n) is 10.5. The number of anilines is 2. The Kier molecular flexibility index (Phi) is 8.51. The van der Waals surface area contributed by atoms with E-state index in [1.165, 1.54) is 24.3 Å². The molecule has 1 aliphatic heterocycles. The molecule has 1 atom stereocenters. The van der Waals surface area contributed by atoms with Crippen LogP contribution in [0.5, 0.6) is 0 Å². The van der Waals surface area contributed by atoms with Gasteiger partial charge in [-0.2, -0.15) is 5.10 Å². The molecule has 1 aliphatic rings. The van der Waals surface area contributed by atoms with Crippen molar-refractivity contribution in [2.75, 3.05) is 30.0 Å². The van der Waals surface area contributed by atoms with E-state index in [1.54, 1.807) is 53.4 Å². The number of nitrogens with zero attached hydrogens (tertiary/aromatic N) is 2. The van der Waals surface area contributed by atoms with Crippen LogP contribution in [-0.2, 0) is 20.7 Å². The summed E-state index contributed by atoms with van der Waals surface area (Å²) in [6.07, 6.45) is 0.0778. The maximum atomic E-state index is 14.6. The van der Waals surface area contributed by atoms with E-state index in [4.69, 9.17) is 16.3 Å². The van der Waals surface area contributed by atoms with Crippen LogP contribution < -0.4 is 15.5 Å². The number of ether oxygens (including phenoxy) is 1. The minimum absolute atomic E-state index is 0.00145. The third kappa shape index (κ3) is 6.46. The Labute approximate surface area is 265 Å². The molecule has 1 saturated heterocycles. The first-order valence-corrected chi connectivity index (χ1v) is 14.5. The molecule has 6 rings (SSSR count). The van der Waals surface area contributed by atoms with Gasteiger partial charge in [-0.15, -0.1) is 0 Å². The highest BCUT2D eigenvalue weighted by molar-refractivity contribution is 6.31. The number of H-pyrrole nitrogens is 2. The molecule has 234 valence electrons. The number of morpholine rings is 1. The number of fused-ring (bicyclic) bond motifs is 1. The van der Waals surface area contributed by atoms with Crippen LogP contribution in [0.15, 0.2) is 72.8 Å². The molecule has 3 amide bonds. The summed E-state index contributed by atoms with van der Waals surface area (Å²) < 4.78 is 19.8. The third-order valence-electron chi connectivity index (χ3n) is 7.46. The van der Waals surface area contributed by atoms with E-state index in [9.17, 15) is 28.7 Å². The highest BCUT2D eigenvalue weighted by atomic mass is 35.5. The lowest BCUT2D eigenvalue weighted by Gasteiger charge is -2.27. The molecular formula is C32H26ClFN6O6. The van der Waals surface area contributed by atoms with Crippen molar-refractivity contribution in [2.24, 2.45) is 0 Å². The lowest BCUT2D eigenvalue weighted by atomic mass is 10.0. The number of carbonyl (C=O) groups excluding carboxylic acids is 3. The van der Waals surface area contributed by atoms with Gasteiger partial charge in [-0.3, -0.25) is 19.5 Å². The number of aromatic carboxylic acids is 1. The van der Waals surface area contributed by atoms with E-state index >= 15 is 0 Å². The number of hydrogen-bond acceptors (Lipinski definition) is 6. The molecule has 5 N–H and O–H groups in total. The van der Waals surface area contributed by atoms with Crippen molar-refractivity contribution < 1.29 is 33.4 Å². The van der Waals surface area contributed by atoms with Gasteiger partial charge in [0.05, 0.1) is 17.3 Å². The summed E-state index contributed by atoms with van der Waals surface area (Å²) in [4.78, 5) is 55.0. The summed E-state index contributed by atoms with van der Waals surface area (Å²) in [6.45, 7) is 0.846. The van der Waals surface area contributed by atoms with Crippen LogP contribution in [0.3, 0.4) is 0 Å². The fourth-order valence-corrected chi connectivity index (χ4v) is 5.29. The molecule has 14 heteroatoms. The van der Waals surface area contributed by atoms with Crippen LogP contribution in [0.1, 0.15) is 26.5 Å². The van der Waals surface area contributed by atoms with Gasteiger partial charge < -0.3 is 30.4 Å². The van der Waals surface area contributed by atoms with Crippen molar-refractivity contribution in [3.05, 3.63) is 101 Å². The molecule has 0 unspecified atom stereocenters. The molecule has 3 aromatic carbocycles. The quantitative estimate of drug-likeness (QED) is 0.158. The average molecular weight is 645 g/mol. The van der Waals surface area contributed by atoms with E-state index in [1.807, 2.05) is 0 Å². The predicted octanol–water partition coefficient (Wildman–Crippen LogP) is 4.39. The van der Waals surface area contributed by atoms with Crippen molar-refractivity contribution in [3.63, 3.8) is 0 Å². The molecule has 12 nitrogen and oxygen atoms in total. The van der Waals surface area contributed by atoms with Crippen molar-refractivity contribution in [1.29, 1.82) is 0 Å². The van der Waals surface area contributed by atoms with E-state index in [-0.39, 0.29) is 46.6 Å². The number of hydrogen-bond donors (Lipinski definition) is 5. The Morgan fingerprint density at radius 1 is 1.07 bits per heavy atom.